The summed E-state index contributed by atoms with van der Waals surface area (Å²) >= 11 is 0. The van der Waals surface area contributed by atoms with E-state index in [0.29, 0.717) is 13.0 Å². The summed E-state index contributed by atoms with van der Waals surface area (Å²) in [6.45, 7) is 0.597. The van der Waals surface area contributed by atoms with E-state index in [-0.39, 0.29) is 0 Å². The van der Waals surface area contributed by atoms with Crippen LogP contribution in [0.3, 0.4) is 0 Å². The van der Waals surface area contributed by atoms with Crippen molar-refractivity contribution in [2.75, 3.05) is 16.5 Å². The van der Waals surface area contributed by atoms with E-state index >= 15 is 0 Å². The van der Waals surface area contributed by atoms with Gasteiger partial charge in [-0.05, 0) is 59.7 Å². The standard InChI is InChI=1S/C28H25N3O/c32-27-19-23-18-22(16-17-28(23)30(21-27)24-10-4-1-5-11-24)20-29-31(25-12-6-2-7-13-25)26-14-8-3-9-15-26/h1-18,20,27,32H,19,21H2. The second-order valence-electron chi connectivity index (χ2n) is 7.92. The molecule has 4 aromatic carbocycles. The fraction of sp³-hybridized carbons (Fsp3) is 0.107. The molecule has 1 aliphatic rings. The van der Waals surface area contributed by atoms with Crippen LogP contribution in [0.4, 0.5) is 22.7 Å². The third kappa shape index (κ3) is 4.27. The Morgan fingerprint density at radius 1 is 0.781 bits per heavy atom. The zero-order valence-corrected chi connectivity index (χ0v) is 17.8. The molecule has 4 nitrogen and oxygen atoms in total. The minimum atomic E-state index is -0.403. The molecule has 0 radical (unpaired) electrons. The van der Waals surface area contributed by atoms with Gasteiger partial charge in [-0.15, -0.1) is 0 Å². The first-order valence-corrected chi connectivity index (χ1v) is 10.9. The average Bonchev–Trinajstić information content (AvgIpc) is 2.85. The Bertz CT molecular complexity index is 1150. The van der Waals surface area contributed by atoms with Crippen molar-refractivity contribution in [3.8, 4) is 0 Å². The van der Waals surface area contributed by atoms with Gasteiger partial charge < -0.3 is 10.0 Å². The van der Waals surface area contributed by atoms with Gasteiger partial charge in [0.05, 0.1) is 23.7 Å². The topological polar surface area (TPSA) is 39.1 Å². The number of para-hydroxylation sites is 3. The number of hydrogen-bond acceptors (Lipinski definition) is 4. The lowest BCUT2D eigenvalue weighted by molar-refractivity contribution is 0.178. The first-order valence-electron chi connectivity index (χ1n) is 10.9. The molecule has 4 aromatic rings. The van der Waals surface area contributed by atoms with E-state index in [4.69, 9.17) is 5.10 Å². The van der Waals surface area contributed by atoms with Gasteiger partial charge in [0.2, 0.25) is 0 Å². The summed E-state index contributed by atoms with van der Waals surface area (Å²) in [6, 6.07) is 36.8. The van der Waals surface area contributed by atoms with Gasteiger partial charge in [-0.3, -0.25) is 0 Å². The third-order valence-electron chi connectivity index (χ3n) is 5.63. The highest BCUT2D eigenvalue weighted by Crippen LogP contribution is 2.34. The second kappa shape index (κ2) is 9.08. The van der Waals surface area contributed by atoms with Crippen LogP contribution in [0.2, 0.25) is 0 Å². The third-order valence-corrected chi connectivity index (χ3v) is 5.63. The second-order valence-corrected chi connectivity index (χ2v) is 7.92. The molecule has 158 valence electrons. The number of benzene rings is 4. The number of rotatable bonds is 5. The van der Waals surface area contributed by atoms with E-state index < -0.39 is 6.10 Å². The van der Waals surface area contributed by atoms with Crippen molar-refractivity contribution in [2.45, 2.75) is 12.5 Å². The van der Waals surface area contributed by atoms with Crippen LogP contribution in [-0.4, -0.2) is 24.0 Å². The molecule has 1 heterocycles. The molecule has 0 aliphatic carbocycles. The quantitative estimate of drug-likeness (QED) is 0.323. The van der Waals surface area contributed by atoms with Crippen molar-refractivity contribution in [3.05, 3.63) is 120 Å². The van der Waals surface area contributed by atoms with Gasteiger partial charge in [-0.2, -0.15) is 5.10 Å². The van der Waals surface area contributed by atoms with Crippen molar-refractivity contribution in [2.24, 2.45) is 5.10 Å². The highest BCUT2D eigenvalue weighted by molar-refractivity contribution is 5.84. The van der Waals surface area contributed by atoms with Gasteiger partial charge in [0, 0.05) is 24.3 Å². The van der Waals surface area contributed by atoms with Gasteiger partial charge in [0.1, 0.15) is 0 Å². The molecule has 1 N–H and O–H groups in total. The Labute approximate surface area is 188 Å². The summed E-state index contributed by atoms with van der Waals surface area (Å²) in [5.74, 6) is 0. The van der Waals surface area contributed by atoms with Gasteiger partial charge in [-0.1, -0.05) is 60.7 Å². The summed E-state index contributed by atoms with van der Waals surface area (Å²) in [7, 11) is 0. The number of aliphatic hydroxyl groups is 1. The average molecular weight is 420 g/mol. The fourth-order valence-electron chi connectivity index (χ4n) is 4.14. The molecule has 0 spiro atoms. The monoisotopic (exact) mass is 419 g/mol. The molecule has 1 atom stereocenters. The van der Waals surface area contributed by atoms with Crippen LogP contribution in [0.25, 0.3) is 0 Å². The molecule has 0 amide bonds. The van der Waals surface area contributed by atoms with Crippen molar-refractivity contribution >= 4 is 29.0 Å². The maximum Gasteiger partial charge on any atom is 0.0760 e. The molecular formula is C28H25N3O. The summed E-state index contributed by atoms with van der Waals surface area (Å²) in [4.78, 5) is 2.19. The summed E-state index contributed by atoms with van der Waals surface area (Å²) in [5.41, 5.74) is 6.36. The lowest BCUT2D eigenvalue weighted by atomic mass is 9.97. The van der Waals surface area contributed by atoms with Crippen molar-refractivity contribution in [1.82, 2.24) is 0 Å². The molecule has 1 unspecified atom stereocenters. The molecule has 0 saturated carbocycles. The van der Waals surface area contributed by atoms with E-state index in [2.05, 4.69) is 35.2 Å². The maximum absolute atomic E-state index is 10.5. The first kappa shape index (κ1) is 20.0. The normalized spacial score (nSPS) is 15.5. The lowest BCUT2D eigenvalue weighted by Gasteiger charge is -2.34. The molecule has 0 aromatic heterocycles. The van der Waals surface area contributed by atoms with Crippen LogP contribution in [0.15, 0.2) is 114 Å². The SMILES string of the molecule is OC1Cc2cc(C=NN(c3ccccc3)c3ccccc3)ccc2N(c2ccccc2)C1. The molecule has 0 bridgehead atoms. The predicted molar refractivity (Wildman–Crippen MR) is 132 cm³/mol. The smallest absolute Gasteiger partial charge is 0.0760 e. The van der Waals surface area contributed by atoms with Gasteiger partial charge in [0.15, 0.2) is 0 Å². The van der Waals surface area contributed by atoms with E-state index in [1.54, 1.807) is 0 Å². The molecule has 1 aliphatic heterocycles. The van der Waals surface area contributed by atoms with Gasteiger partial charge in [-0.25, -0.2) is 5.01 Å². The Balaban J connectivity index is 1.47. The highest BCUT2D eigenvalue weighted by atomic mass is 16.3. The molecule has 4 heteroatoms. The summed E-state index contributed by atoms with van der Waals surface area (Å²) < 4.78 is 0. The molecule has 32 heavy (non-hydrogen) atoms. The Morgan fingerprint density at radius 2 is 1.38 bits per heavy atom. The maximum atomic E-state index is 10.5. The van der Waals surface area contributed by atoms with Gasteiger partial charge in [0.25, 0.3) is 0 Å². The Kier molecular flexibility index (Phi) is 5.69. The van der Waals surface area contributed by atoms with E-state index in [1.165, 1.54) is 0 Å². The zero-order valence-electron chi connectivity index (χ0n) is 17.8. The Morgan fingerprint density at radius 3 is 2.00 bits per heavy atom. The Hall–Kier alpha value is -3.89. The molecule has 0 saturated heterocycles. The van der Waals surface area contributed by atoms with E-state index in [9.17, 15) is 5.11 Å². The number of hydrazone groups is 1. The lowest BCUT2D eigenvalue weighted by Crippen LogP contribution is -2.35. The van der Waals surface area contributed by atoms with Gasteiger partial charge >= 0.3 is 0 Å². The number of nitrogens with zero attached hydrogens (tertiary/aromatic N) is 3. The number of hydrogen-bond donors (Lipinski definition) is 1. The number of aliphatic hydroxyl groups excluding tert-OH is 1. The van der Waals surface area contributed by atoms with Crippen LogP contribution in [0.5, 0.6) is 0 Å². The van der Waals surface area contributed by atoms with E-state index in [0.717, 1.165) is 33.9 Å². The summed E-state index contributed by atoms with van der Waals surface area (Å²) in [5, 5.41) is 17.3. The van der Waals surface area contributed by atoms with Crippen molar-refractivity contribution in [1.29, 1.82) is 0 Å². The minimum Gasteiger partial charge on any atom is -0.391 e. The molecule has 0 fully saturated rings. The predicted octanol–water partition coefficient (Wildman–Crippen LogP) is 5.91. The number of anilines is 4. The summed E-state index contributed by atoms with van der Waals surface area (Å²) in [6.07, 6.45) is 2.12. The molecular weight excluding hydrogens is 394 g/mol. The molecule has 5 rings (SSSR count). The number of fused-ring (bicyclic) bond motifs is 1. The zero-order chi connectivity index (χ0) is 21.8. The first-order chi connectivity index (χ1) is 15.8. The van der Waals surface area contributed by atoms with Crippen molar-refractivity contribution < 1.29 is 5.11 Å². The van der Waals surface area contributed by atoms with E-state index in [1.807, 2.05) is 90.1 Å². The minimum absolute atomic E-state index is 0.403. The largest absolute Gasteiger partial charge is 0.391 e. The highest BCUT2D eigenvalue weighted by Gasteiger charge is 2.24. The van der Waals surface area contributed by atoms with Crippen LogP contribution in [-0.2, 0) is 6.42 Å². The van der Waals surface area contributed by atoms with Crippen LogP contribution < -0.4 is 9.91 Å². The van der Waals surface area contributed by atoms with Crippen molar-refractivity contribution in [3.63, 3.8) is 0 Å². The number of β-amino-alcohol motifs (C(OH)–C–C–N with tert-alkyl or cyclic N) is 1. The van der Waals surface area contributed by atoms with Crippen LogP contribution in [0.1, 0.15) is 11.1 Å². The van der Waals surface area contributed by atoms with Crippen LogP contribution >= 0.6 is 0 Å². The van der Waals surface area contributed by atoms with Crippen LogP contribution in [0, 0.1) is 0 Å². The fourth-order valence-corrected chi connectivity index (χ4v) is 4.14.